The number of aliphatic hydroxyl groups is 1. The average Bonchev–Trinajstić information content (AvgIpc) is 2.92. The molecule has 0 aliphatic rings. The monoisotopic (exact) mass is 582 g/mol. The van der Waals surface area contributed by atoms with Crippen molar-refractivity contribution < 1.29 is 14.6 Å². The van der Waals surface area contributed by atoms with Crippen LogP contribution in [0, 0.1) is 11.8 Å². The van der Waals surface area contributed by atoms with Crippen LogP contribution in [0.4, 0.5) is 11.4 Å². The number of nitrogens with zero attached hydrogens (tertiary/aromatic N) is 1. The van der Waals surface area contributed by atoms with Crippen LogP contribution in [0.5, 0.6) is 11.5 Å². The van der Waals surface area contributed by atoms with E-state index in [4.69, 9.17) is 9.47 Å². The highest BCUT2D eigenvalue weighted by Crippen LogP contribution is 2.32. The van der Waals surface area contributed by atoms with Gasteiger partial charge in [-0.2, -0.15) is 0 Å². The molecule has 0 aliphatic carbocycles. The fourth-order valence-corrected chi connectivity index (χ4v) is 4.82. The Hall–Kier alpha value is -1.84. The second-order valence-corrected chi connectivity index (χ2v) is 11.2. The number of nitrogens with one attached hydrogen (secondary N) is 1. The standard InChI is InChI=1S/C30H48N2O5.H2S2/c1-9-15-30(5,6)32(7)27-26(28(34)29(27)35)31-19-23(33)13-12-22(20(3)4)17-21-11-14-24(36-8)25(18-21)37-16-10-2;1-2/h11,14,18,20,22-23,31,33H,9-10,12-13,15-17,19H2,1-8H3;1-2H. The molecule has 0 amide bonds. The van der Waals surface area contributed by atoms with Gasteiger partial charge in [0.05, 0.1) is 19.8 Å². The van der Waals surface area contributed by atoms with Crippen LogP contribution >= 0.6 is 23.3 Å². The smallest absolute Gasteiger partial charge is 0.253 e. The number of rotatable bonds is 17. The number of ether oxygens (including phenoxy) is 2. The Kier molecular flexibility index (Phi) is 15.4. The van der Waals surface area contributed by atoms with E-state index in [1.54, 1.807) is 7.11 Å². The molecule has 0 heterocycles. The summed E-state index contributed by atoms with van der Waals surface area (Å²) in [4.78, 5) is 26.5. The third-order valence-corrected chi connectivity index (χ3v) is 7.51. The Labute approximate surface area is 245 Å². The lowest BCUT2D eigenvalue weighted by molar-refractivity contribution is 0.160. The summed E-state index contributed by atoms with van der Waals surface area (Å²) in [5, 5.41) is 13.8. The molecule has 2 unspecified atom stereocenters. The van der Waals surface area contributed by atoms with Crippen molar-refractivity contribution in [1.29, 1.82) is 0 Å². The van der Waals surface area contributed by atoms with E-state index in [-0.39, 0.29) is 12.1 Å². The predicted octanol–water partition coefficient (Wildman–Crippen LogP) is 5.92. The van der Waals surface area contributed by atoms with E-state index >= 15 is 0 Å². The zero-order valence-corrected chi connectivity index (χ0v) is 26.8. The van der Waals surface area contributed by atoms with Gasteiger partial charge in [0.1, 0.15) is 11.4 Å². The maximum Gasteiger partial charge on any atom is 0.253 e. The molecule has 2 aromatic carbocycles. The largest absolute Gasteiger partial charge is 0.493 e. The molecule has 0 saturated heterocycles. The van der Waals surface area contributed by atoms with E-state index in [0.29, 0.717) is 36.2 Å². The van der Waals surface area contributed by atoms with Gasteiger partial charge in [-0.1, -0.05) is 40.2 Å². The van der Waals surface area contributed by atoms with Gasteiger partial charge in [0.25, 0.3) is 10.9 Å². The lowest BCUT2D eigenvalue weighted by Crippen LogP contribution is -2.49. The Bertz CT molecular complexity index is 1070. The summed E-state index contributed by atoms with van der Waals surface area (Å²) in [5.41, 5.74) is 0.751. The van der Waals surface area contributed by atoms with Gasteiger partial charge in [0.2, 0.25) is 0 Å². The molecule has 0 saturated carbocycles. The highest BCUT2D eigenvalue weighted by atomic mass is 33.1. The second-order valence-electron chi connectivity index (χ2n) is 11.2. The van der Waals surface area contributed by atoms with Gasteiger partial charge in [-0.3, -0.25) is 9.59 Å². The van der Waals surface area contributed by atoms with Crippen molar-refractivity contribution in [1.82, 2.24) is 0 Å². The molecule has 0 spiro atoms. The van der Waals surface area contributed by atoms with Gasteiger partial charge in [0.15, 0.2) is 11.5 Å². The normalized spacial score (nSPS) is 13.0. The zero-order chi connectivity index (χ0) is 29.8. The first-order valence-corrected chi connectivity index (χ1v) is 15.5. The molecule has 0 bridgehead atoms. The summed E-state index contributed by atoms with van der Waals surface area (Å²) in [6, 6.07) is 6.10. The fraction of sp³-hybridized carbons (Fsp3) is 0.667. The van der Waals surface area contributed by atoms with E-state index in [1.807, 2.05) is 18.0 Å². The van der Waals surface area contributed by atoms with Crippen molar-refractivity contribution in [2.24, 2.45) is 11.8 Å². The van der Waals surface area contributed by atoms with Crippen molar-refractivity contribution in [3.8, 4) is 11.5 Å². The number of benzene rings is 1. The maximum atomic E-state index is 12.3. The number of aliphatic hydroxyl groups excluding tert-OH is 1. The molecule has 2 atom stereocenters. The first-order chi connectivity index (χ1) is 18.5. The number of methoxy groups -OCH3 is 1. The number of anilines is 2. The topological polar surface area (TPSA) is 88.1 Å². The van der Waals surface area contributed by atoms with Crippen LogP contribution < -0.4 is 30.5 Å². The van der Waals surface area contributed by atoms with Crippen molar-refractivity contribution in [3.05, 3.63) is 44.2 Å². The lowest BCUT2D eigenvalue weighted by atomic mass is 9.85. The van der Waals surface area contributed by atoms with Gasteiger partial charge in [-0.15, -0.1) is 23.3 Å². The van der Waals surface area contributed by atoms with Gasteiger partial charge in [-0.25, -0.2) is 0 Å². The van der Waals surface area contributed by atoms with Gasteiger partial charge in [-0.05, 0) is 75.5 Å². The van der Waals surface area contributed by atoms with Crippen molar-refractivity contribution in [3.63, 3.8) is 0 Å². The molecule has 0 radical (unpaired) electrons. The molecule has 0 aromatic heterocycles. The van der Waals surface area contributed by atoms with Gasteiger partial charge < -0.3 is 24.8 Å². The van der Waals surface area contributed by atoms with Crippen molar-refractivity contribution in [2.75, 3.05) is 37.5 Å². The Balaban J connectivity index is 0.00000371. The fourth-order valence-electron chi connectivity index (χ4n) is 4.82. The molecule has 39 heavy (non-hydrogen) atoms. The average molecular weight is 583 g/mol. The molecule has 0 aliphatic heterocycles. The Morgan fingerprint density at radius 1 is 1.05 bits per heavy atom. The minimum atomic E-state index is -0.619. The highest BCUT2D eigenvalue weighted by Gasteiger charge is 2.32. The third-order valence-electron chi connectivity index (χ3n) is 7.51. The number of thiol groups is 2. The van der Waals surface area contributed by atoms with Crippen LogP contribution in [0.2, 0.25) is 0 Å². The SMILES string of the molecule is CCCOc1cc(CC(CCC(O)CNc2c(N(C)C(C)(C)CCC)c(=O)c2=O)C(C)C)ccc1OC.SS. The molecule has 2 rings (SSSR count). The van der Waals surface area contributed by atoms with Crippen molar-refractivity contribution in [2.45, 2.75) is 91.7 Å². The highest BCUT2D eigenvalue weighted by molar-refractivity contribution is 8.59. The molecule has 9 heteroatoms. The first-order valence-electron chi connectivity index (χ1n) is 13.9. The molecule has 0 fully saturated rings. The maximum absolute atomic E-state index is 12.3. The molecule has 7 nitrogen and oxygen atoms in total. The first kappa shape index (κ1) is 35.2. The van der Waals surface area contributed by atoms with Crippen LogP contribution in [0.1, 0.15) is 79.2 Å². The van der Waals surface area contributed by atoms with Crippen LogP contribution in [0.3, 0.4) is 0 Å². The van der Waals surface area contributed by atoms with Crippen LogP contribution in [-0.2, 0) is 6.42 Å². The summed E-state index contributed by atoms with van der Waals surface area (Å²) < 4.78 is 11.3. The third kappa shape index (κ3) is 9.94. The minimum Gasteiger partial charge on any atom is -0.493 e. The summed E-state index contributed by atoms with van der Waals surface area (Å²) in [6.45, 7) is 13.6. The molecule has 2 aromatic rings. The summed E-state index contributed by atoms with van der Waals surface area (Å²) in [5.74, 6) is 2.33. The molecular weight excluding hydrogens is 532 g/mol. The van der Waals surface area contributed by atoms with E-state index in [0.717, 1.165) is 43.6 Å². The minimum absolute atomic E-state index is 0.237. The summed E-state index contributed by atoms with van der Waals surface area (Å²) in [7, 11) is 3.51. The van der Waals surface area contributed by atoms with Crippen LogP contribution in [0.25, 0.3) is 0 Å². The van der Waals surface area contributed by atoms with Crippen LogP contribution in [0.15, 0.2) is 27.8 Å². The van der Waals surface area contributed by atoms with E-state index < -0.39 is 17.0 Å². The lowest BCUT2D eigenvalue weighted by Gasteiger charge is -2.38. The van der Waals surface area contributed by atoms with Gasteiger partial charge >= 0.3 is 0 Å². The number of hydrogen-bond acceptors (Lipinski definition) is 9. The van der Waals surface area contributed by atoms with E-state index in [1.165, 1.54) is 5.56 Å². The quantitative estimate of drug-likeness (QED) is 0.105. The Morgan fingerprint density at radius 2 is 1.72 bits per heavy atom. The number of hydrogen-bond donors (Lipinski definition) is 4. The predicted molar refractivity (Wildman–Crippen MR) is 171 cm³/mol. The van der Waals surface area contributed by atoms with Crippen molar-refractivity contribution >= 4 is 34.7 Å². The zero-order valence-electron chi connectivity index (χ0n) is 25.0. The molecule has 222 valence electrons. The summed E-state index contributed by atoms with van der Waals surface area (Å²) in [6.07, 6.45) is 4.53. The van der Waals surface area contributed by atoms with Gasteiger partial charge in [0, 0.05) is 19.1 Å². The molecule has 2 N–H and O–H groups in total. The second kappa shape index (κ2) is 17.1. The Morgan fingerprint density at radius 3 is 2.28 bits per heavy atom. The molecular formula is C30H50N2O5S2. The van der Waals surface area contributed by atoms with E-state index in [9.17, 15) is 14.7 Å². The van der Waals surface area contributed by atoms with E-state index in [2.05, 4.69) is 82.3 Å². The van der Waals surface area contributed by atoms with Crippen LogP contribution in [-0.4, -0.2) is 44.1 Å². The summed E-state index contributed by atoms with van der Waals surface area (Å²) >= 11 is 6.44.